The minimum Gasteiger partial charge on any atom is -0.278 e. The normalized spacial score (nSPS) is 11.9. The summed E-state index contributed by atoms with van der Waals surface area (Å²) in [5, 5.41) is 8.71. The fourth-order valence-corrected chi connectivity index (χ4v) is 3.32. The van der Waals surface area contributed by atoms with Crippen LogP contribution < -0.4 is 5.43 Å². The standard InChI is InChI=1S/C25H22F3N5/c1-17(2)22-5-3-4-6-23(22)31-30-15-18-7-9-19(10-8-18)24-29-16-33(32-24)21-13-11-20(12-14-21)25(26,27)28/h3-17,31H,1-2H3/b30-15-. The van der Waals surface area contributed by atoms with Crippen molar-refractivity contribution in [2.24, 2.45) is 5.10 Å². The number of alkyl halides is 3. The average molecular weight is 449 g/mol. The zero-order chi connectivity index (χ0) is 23.4. The van der Waals surface area contributed by atoms with E-state index in [1.807, 2.05) is 42.5 Å². The van der Waals surface area contributed by atoms with Crippen molar-refractivity contribution in [2.75, 3.05) is 5.43 Å². The fourth-order valence-electron chi connectivity index (χ4n) is 3.32. The van der Waals surface area contributed by atoms with Gasteiger partial charge in [0.05, 0.1) is 23.2 Å². The third-order valence-corrected chi connectivity index (χ3v) is 5.10. The molecule has 0 spiro atoms. The van der Waals surface area contributed by atoms with Gasteiger partial charge in [-0.3, -0.25) is 5.43 Å². The zero-order valence-electron chi connectivity index (χ0n) is 18.1. The summed E-state index contributed by atoms with van der Waals surface area (Å²) in [5.74, 6) is 0.862. The van der Waals surface area contributed by atoms with Crippen LogP contribution in [-0.2, 0) is 6.18 Å². The Bertz CT molecular complexity index is 1240. The maximum absolute atomic E-state index is 12.7. The predicted molar refractivity (Wildman–Crippen MR) is 124 cm³/mol. The molecule has 33 heavy (non-hydrogen) atoms. The van der Waals surface area contributed by atoms with Gasteiger partial charge in [0.1, 0.15) is 6.33 Å². The van der Waals surface area contributed by atoms with Gasteiger partial charge in [-0.15, -0.1) is 5.10 Å². The molecule has 0 saturated heterocycles. The molecule has 1 heterocycles. The van der Waals surface area contributed by atoms with E-state index in [-0.39, 0.29) is 0 Å². The Kier molecular flexibility index (Phi) is 6.26. The molecule has 0 amide bonds. The molecule has 8 heteroatoms. The Morgan fingerprint density at radius 3 is 2.30 bits per heavy atom. The average Bonchev–Trinajstić information content (AvgIpc) is 3.30. The number of nitrogens with zero attached hydrogens (tertiary/aromatic N) is 4. The van der Waals surface area contributed by atoms with Crippen LogP contribution in [0.5, 0.6) is 0 Å². The Labute approximate surface area is 189 Å². The largest absolute Gasteiger partial charge is 0.416 e. The molecule has 1 aromatic heterocycles. The predicted octanol–water partition coefficient (Wildman–Crippen LogP) is 6.52. The smallest absolute Gasteiger partial charge is 0.278 e. The number of aromatic nitrogens is 3. The van der Waals surface area contributed by atoms with Gasteiger partial charge in [0.15, 0.2) is 5.82 Å². The van der Waals surface area contributed by atoms with E-state index in [0.717, 1.165) is 28.9 Å². The number of nitrogens with one attached hydrogen (secondary N) is 1. The van der Waals surface area contributed by atoms with Gasteiger partial charge in [0.25, 0.3) is 0 Å². The van der Waals surface area contributed by atoms with Crippen molar-refractivity contribution < 1.29 is 13.2 Å². The Morgan fingerprint density at radius 1 is 0.939 bits per heavy atom. The molecule has 168 valence electrons. The van der Waals surface area contributed by atoms with Crippen molar-refractivity contribution in [3.8, 4) is 17.1 Å². The highest BCUT2D eigenvalue weighted by Gasteiger charge is 2.30. The van der Waals surface area contributed by atoms with E-state index in [2.05, 4.69) is 40.5 Å². The molecule has 0 radical (unpaired) electrons. The molecule has 4 rings (SSSR count). The summed E-state index contributed by atoms with van der Waals surface area (Å²) in [6, 6.07) is 20.4. The summed E-state index contributed by atoms with van der Waals surface area (Å²) in [4.78, 5) is 4.28. The van der Waals surface area contributed by atoms with Crippen molar-refractivity contribution in [3.05, 3.63) is 95.8 Å². The second-order valence-corrected chi connectivity index (χ2v) is 7.79. The summed E-state index contributed by atoms with van der Waals surface area (Å²) >= 11 is 0. The van der Waals surface area contributed by atoms with E-state index in [1.165, 1.54) is 28.7 Å². The van der Waals surface area contributed by atoms with Crippen LogP contribution in [0.4, 0.5) is 18.9 Å². The Hall–Kier alpha value is -3.94. The van der Waals surface area contributed by atoms with Crippen LogP contribution in [0, 0.1) is 0 Å². The van der Waals surface area contributed by atoms with Crippen molar-refractivity contribution >= 4 is 11.9 Å². The van der Waals surface area contributed by atoms with Gasteiger partial charge < -0.3 is 0 Å². The molecule has 0 fully saturated rings. The number of hydrogen-bond acceptors (Lipinski definition) is 4. The number of anilines is 1. The highest BCUT2D eigenvalue weighted by Crippen LogP contribution is 2.29. The van der Waals surface area contributed by atoms with Crippen molar-refractivity contribution in [3.63, 3.8) is 0 Å². The van der Waals surface area contributed by atoms with Crippen LogP contribution in [0.2, 0.25) is 0 Å². The van der Waals surface area contributed by atoms with Gasteiger partial charge in [-0.05, 0) is 47.4 Å². The summed E-state index contributed by atoms with van der Waals surface area (Å²) in [7, 11) is 0. The molecule has 0 saturated carbocycles. The lowest BCUT2D eigenvalue weighted by molar-refractivity contribution is -0.137. The number of benzene rings is 3. The second-order valence-electron chi connectivity index (χ2n) is 7.79. The highest BCUT2D eigenvalue weighted by molar-refractivity contribution is 5.81. The molecule has 3 aromatic carbocycles. The molecule has 0 bridgehead atoms. The van der Waals surface area contributed by atoms with E-state index in [0.29, 0.717) is 17.4 Å². The minimum absolute atomic E-state index is 0.387. The highest BCUT2D eigenvalue weighted by atomic mass is 19.4. The fraction of sp³-hybridized carbons (Fsp3) is 0.160. The molecule has 0 aliphatic heterocycles. The van der Waals surface area contributed by atoms with Gasteiger partial charge >= 0.3 is 6.18 Å². The molecule has 0 unspecified atom stereocenters. The van der Waals surface area contributed by atoms with Gasteiger partial charge in [0, 0.05) is 5.56 Å². The third-order valence-electron chi connectivity index (χ3n) is 5.10. The number of rotatable bonds is 6. The summed E-state index contributed by atoms with van der Waals surface area (Å²) in [6.07, 6.45) is -1.16. The second kappa shape index (κ2) is 9.28. The van der Waals surface area contributed by atoms with Crippen molar-refractivity contribution in [1.82, 2.24) is 14.8 Å². The first-order chi connectivity index (χ1) is 15.8. The van der Waals surface area contributed by atoms with Gasteiger partial charge in [0.2, 0.25) is 0 Å². The van der Waals surface area contributed by atoms with Crippen LogP contribution in [0.25, 0.3) is 17.1 Å². The van der Waals surface area contributed by atoms with Crippen molar-refractivity contribution in [1.29, 1.82) is 0 Å². The maximum Gasteiger partial charge on any atom is 0.416 e. The van der Waals surface area contributed by atoms with Crippen molar-refractivity contribution in [2.45, 2.75) is 25.9 Å². The monoisotopic (exact) mass is 449 g/mol. The molecule has 0 aliphatic rings. The van der Waals surface area contributed by atoms with E-state index in [1.54, 1.807) is 6.21 Å². The molecular formula is C25H22F3N5. The van der Waals surface area contributed by atoms with Crippen LogP contribution in [0.1, 0.15) is 36.5 Å². The van der Waals surface area contributed by atoms with Crippen LogP contribution in [-0.4, -0.2) is 21.0 Å². The quantitative estimate of drug-likeness (QED) is 0.269. The zero-order valence-corrected chi connectivity index (χ0v) is 18.1. The number of hydrogen-bond donors (Lipinski definition) is 1. The molecule has 0 atom stereocenters. The maximum atomic E-state index is 12.7. The lowest BCUT2D eigenvalue weighted by Gasteiger charge is -2.11. The van der Waals surface area contributed by atoms with Crippen LogP contribution in [0.15, 0.2) is 84.2 Å². The first kappa shape index (κ1) is 22.3. The number of hydrazone groups is 1. The minimum atomic E-state index is -4.37. The van der Waals surface area contributed by atoms with E-state index >= 15 is 0 Å². The van der Waals surface area contributed by atoms with E-state index in [4.69, 9.17) is 0 Å². The van der Waals surface area contributed by atoms with E-state index < -0.39 is 11.7 Å². The molecule has 4 aromatic rings. The van der Waals surface area contributed by atoms with E-state index in [9.17, 15) is 13.2 Å². The lowest BCUT2D eigenvalue weighted by Crippen LogP contribution is -2.05. The SMILES string of the molecule is CC(C)c1ccccc1N/N=C\c1ccc(-c2ncn(-c3ccc(C(F)(F)F)cc3)n2)cc1. The van der Waals surface area contributed by atoms with Crippen LogP contribution in [0.3, 0.4) is 0 Å². The molecular weight excluding hydrogens is 427 g/mol. The molecule has 1 N–H and O–H groups in total. The lowest BCUT2D eigenvalue weighted by atomic mass is 10.0. The van der Waals surface area contributed by atoms with Crippen LogP contribution >= 0.6 is 0 Å². The third kappa shape index (κ3) is 5.28. The first-order valence-electron chi connectivity index (χ1n) is 10.4. The summed E-state index contributed by atoms with van der Waals surface area (Å²) < 4.78 is 39.7. The summed E-state index contributed by atoms with van der Waals surface area (Å²) in [5.41, 5.74) is 6.74. The van der Waals surface area contributed by atoms with Gasteiger partial charge in [-0.2, -0.15) is 18.3 Å². The van der Waals surface area contributed by atoms with Gasteiger partial charge in [-0.25, -0.2) is 9.67 Å². The first-order valence-corrected chi connectivity index (χ1v) is 10.4. The molecule has 5 nitrogen and oxygen atoms in total. The number of halogens is 3. The Morgan fingerprint density at radius 2 is 1.64 bits per heavy atom. The Balaban J connectivity index is 1.44. The summed E-state index contributed by atoms with van der Waals surface area (Å²) in [6.45, 7) is 4.27. The molecule has 0 aliphatic carbocycles. The number of para-hydroxylation sites is 1. The topological polar surface area (TPSA) is 55.1 Å². The van der Waals surface area contributed by atoms with Gasteiger partial charge in [-0.1, -0.05) is 56.3 Å².